The molecule has 0 aromatic heterocycles. The van der Waals surface area contributed by atoms with E-state index in [0.717, 1.165) is 17.1 Å². The van der Waals surface area contributed by atoms with Gasteiger partial charge in [-0.05, 0) is 32.6 Å². The van der Waals surface area contributed by atoms with E-state index < -0.39 is 16.9 Å². The van der Waals surface area contributed by atoms with E-state index in [1.54, 1.807) is 0 Å². The summed E-state index contributed by atoms with van der Waals surface area (Å²) in [5.74, 6) is 0. The van der Waals surface area contributed by atoms with Crippen LogP contribution in [0.3, 0.4) is 0 Å². The topological polar surface area (TPSA) is 68.1 Å². The average Bonchev–Trinajstić information content (AvgIpc) is 2.53. The first kappa shape index (κ1) is 23.2. The fraction of sp³-hybridized carbons (Fsp3) is 0.643. The van der Waals surface area contributed by atoms with Gasteiger partial charge in [0.1, 0.15) is 12.3 Å². The van der Waals surface area contributed by atoms with E-state index in [1.165, 1.54) is 24.4 Å². The van der Waals surface area contributed by atoms with Crippen LogP contribution in [0.25, 0.3) is 0 Å². The zero-order valence-corrected chi connectivity index (χ0v) is 18.0. The molecule has 138 valence electrons. The summed E-state index contributed by atoms with van der Waals surface area (Å²) in [7, 11) is -2.95. The summed E-state index contributed by atoms with van der Waals surface area (Å²) in [5, 5.41) is 0. The third-order valence-corrected chi connectivity index (χ3v) is 11.1. The number of carbonyl (C=O) groups excluding carboxylic acids is 1. The first-order valence-electron chi connectivity index (χ1n) is 7.77. The van der Waals surface area contributed by atoms with E-state index in [4.69, 9.17) is 12.2 Å². The molecular formula is C14H29N2O5SSi2+. The summed E-state index contributed by atoms with van der Waals surface area (Å²) in [4.78, 5) is 23.9. The molecule has 0 aromatic rings. The minimum atomic E-state index is -2.48. The van der Waals surface area contributed by atoms with Gasteiger partial charge in [0.15, 0.2) is 14.9 Å². The van der Waals surface area contributed by atoms with Gasteiger partial charge in [-0.2, -0.15) is 0 Å². The first-order valence-corrected chi connectivity index (χ1v) is 13.9. The number of rotatable bonds is 14. The number of amides is 1. The van der Waals surface area contributed by atoms with Crippen molar-refractivity contribution in [2.24, 2.45) is 0 Å². The molecule has 0 aromatic carbocycles. The van der Waals surface area contributed by atoms with Crippen molar-refractivity contribution < 1.29 is 21.7 Å². The highest BCUT2D eigenvalue weighted by Crippen LogP contribution is 2.26. The third kappa shape index (κ3) is 10.2. The van der Waals surface area contributed by atoms with Crippen molar-refractivity contribution in [3.63, 3.8) is 0 Å². The molecule has 0 spiro atoms. The molecule has 24 heavy (non-hydrogen) atoms. The van der Waals surface area contributed by atoms with Crippen LogP contribution in [0.15, 0.2) is 24.7 Å². The van der Waals surface area contributed by atoms with Gasteiger partial charge in [-0.3, -0.25) is 8.98 Å². The predicted molar refractivity (Wildman–Crippen MR) is 102 cm³/mol. The SMILES string of the molecule is C=C[Si](C)(C)O[Si](C)(CCC[N+](=O)C=CN(C=O)CC)OSOC. The van der Waals surface area contributed by atoms with Crippen molar-refractivity contribution in [1.82, 2.24) is 4.90 Å². The molecule has 0 heterocycles. The van der Waals surface area contributed by atoms with Gasteiger partial charge in [0.05, 0.1) is 13.3 Å². The molecule has 0 radical (unpaired) electrons. The molecular weight excluding hydrogens is 364 g/mol. The van der Waals surface area contributed by atoms with E-state index in [-0.39, 0.29) is 0 Å². The Kier molecular flexibility index (Phi) is 11.3. The molecule has 1 unspecified atom stereocenters. The molecule has 0 fully saturated rings. The van der Waals surface area contributed by atoms with Crippen molar-refractivity contribution in [1.29, 1.82) is 0 Å². The van der Waals surface area contributed by atoms with Crippen LogP contribution in [0.2, 0.25) is 25.7 Å². The molecule has 0 bridgehead atoms. The molecule has 1 atom stereocenters. The Hall–Kier alpha value is -0.786. The minimum Gasteiger partial charge on any atom is -0.432 e. The Bertz CT molecular complexity index is 451. The van der Waals surface area contributed by atoms with E-state index in [9.17, 15) is 9.70 Å². The lowest BCUT2D eigenvalue weighted by atomic mass is 10.5. The summed E-state index contributed by atoms with van der Waals surface area (Å²) in [5.41, 5.74) is 1.86. The Labute approximate surface area is 151 Å². The zero-order chi connectivity index (χ0) is 18.6. The zero-order valence-electron chi connectivity index (χ0n) is 15.2. The normalized spacial score (nSPS) is 14.4. The van der Waals surface area contributed by atoms with Crippen molar-refractivity contribution in [2.45, 2.75) is 39.0 Å². The Morgan fingerprint density at radius 3 is 2.50 bits per heavy atom. The fourth-order valence-corrected chi connectivity index (χ4v) is 9.44. The third-order valence-electron chi connectivity index (χ3n) is 3.18. The number of hydrogen-bond donors (Lipinski definition) is 0. The van der Waals surface area contributed by atoms with Gasteiger partial charge in [-0.15, -0.1) is 6.58 Å². The van der Waals surface area contributed by atoms with Crippen LogP contribution >= 0.6 is 12.3 Å². The Balaban J connectivity index is 4.58. The van der Waals surface area contributed by atoms with Gasteiger partial charge in [0.25, 0.3) is 0 Å². The van der Waals surface area contributed by atoms with Gasteiger partial charge in [0, 0.05) is 22.6 Å². The smallest absolute Gasteiger partial charge is 0.341 e. The quantitative estimate of drug-likeness (QED) is 0.195. The number of hydrogen-bond acceptors (Lipinski definition) is 6. The van der Waals surface area contributed by atoms with Crippen LogP contribution in [0.5, 0.6) is 0 Å². The van der Waals surface area contributed by atoms with Crippen LogP contribution in [-0.2, 0) is 17.0 Å². The van der Waals surface area contributed by atoms with E-state index in [1.807, 2.05) is 32.3 Å². The van der Waals surface area contributed by atoms with E-state index in [2.05, 4.69) is 6.58 Å². The standard InChI is InChI=1S/C14H29N2O5SSi2/c1-7-15(14-17)11-12-16(18)10-9-13-24(6,20-22-19-3)21-23(4,5)8-2/h8,11-12,14H,2,7,9-10,13H2,1,3-6H3/q+1. The van der Waals surface area contributed by atoms with E-state index in [0.29, 0.717) is 32.0 Å². The van der Waals surface area contributed by atoms with Gasteiger partial charge in [-0.1, -0.05) is 5.70 Å². The molecule has 0 N–H and O–H groups in total. The fourth-order valence-electron chi connectivity index (χ4n) is 1.82. The lowest BCUT2D eigenvalue weighted by Crippen LogP contribution is -2.46. The van der Waals surface area contributed by atoms with Crippen LogP contribution in [-0.4, -0.2) is 53.1 Å². The molecule has 10 heteroatoms. The number of carbonyl (C=O) groups is 1. The second-order valence-corrected chi connectivity index (χ2v) is 14.2. The van der Waals surface area contributed by atoms with Crippen molar-refractivity contribution in [3.05, 3.63) is 29.6 Å². The minimum absolute atomic E-state index is 0.302. The van der Waals surface area contributed by atoms with Gasteiger partial charge in [0.2, 0.25) is 12.6 Å². The number of nitrogens with zero attached hydrogens (tertiary/aromatic N) is 2. The Morgan fingerprint density at radius 1 is 1.33 bits per heavy atom. The summed E-state index contributed by atoms with van der Waals surface area (Å²) < 4.78 is 17.7. The highest BCUT2D eigenvalue weighted by Gasteiger charge is 2.38. The maximum absolute atomic E-state index is 11.8. The number of nitroso groups, excluding NO2 is 1. The summed E-state index contributed by atoms with van der Waals surface area (Å²) in [6.45, 7) is 12.5. The van der Waals surface area contributed by atoms with Crippen molar-refractivity contribution in [2.75, 3.05) is 20.2 Å². The largest absolute Gasteiger partial charge is 0.432 e. The molecule has 0 aliphatic carbocycles. The van der Waals surface area contributed by atoms with Crippen molar-refractivity contribution >= 4 is 35.6 Å². The van der Waals surface area contributed by atoms with Crippen molar-refractivity contribution in [3.8, 4) is 0 Å². The lowest BCUT2D eigenvalue weighted by molar-refractivity contribution is -0.479. The molecule has 7 nitrogen and oxygen atoms in total. The highest BCUT2D eigenvalue weighted by atomic mass is 32.2. The molecule has 0 rings (SSSR count). The molecule has 0 aliphatic heterocycles. The maximum Gasteiger partial charge on any atom is 0.341 e. The van der Waals surface area contributed by atoms with Crippen LogP contribution in [0, 0.1) is 4.91 Å². The van der Waals surface area contributed by atoms with Crippen LogP contribution in [0.1, 0.15) is 13.3 Å². The van der Waals surface area contributed by atoms with Gasteiger partial charge in [-0.25, -0.2) is 0 Å². The molecule has 1 amide bonds. The predicted octanol–water partition coefficient (Wildman–Crippen LogP) is 3.35. The highest BCUT2D eigenvalue weighted by molar-refractivity contribution is 7.90. The summed E-state index contributed by atoms with van der Waals surface area (Å²) >= 11 is 0.919. The molecule has 0 saturated heterocycles. The van der Waals surface area contributed by atoms with E-state index >= 15 is 0 Å². The summed E-state index contributed by atoms with van der Waals surface area (Å²) in [6.07, 6.45) is 4.12. The molecule has 0 aliphatic rings. The first-order chi connectivity index (χ1) is 11.2. The van der Waals surface area contributed by atoms with Crippen LogP contribution in [0.4, 0.5) is 0 Å². The average molecular weight is 394 g/mol. The second-order valence-electron chi connectivity index (χ2n) is 5.84. The molecule has 0 saturated carbocycles. The second kappa shape index (κ2) is 11.7. The lowest BCUT2D eigenvalue weighted by Gasteiger charge is -2.32. The van der Waals surface area contributed by atoms with Crippen LogP contribution < -0.4 is 0 Å². The van der Waals surface area contributed by atoms with Gasteiger partial charge < -0.3 is 12.9 Å². The summed E-state index contributed by atoms with van der Waals surface area (Å²) in [6, 6.07) is 0.658. The Morgan fingerprint density at radius 2 is 2.00 bits per heavy atom. The maximum atomic E-state index is 11.8. The van der Waals surface area contributed by atoms with Gasteiger partial charge >= 0.3 is 8.56 Å². The monoisotopic (exact) mass is 393 g/mol.